The number of benzene rings is 3. The van der Waals surface area contributed by atoms with Crippen molar-refractivity contribution >= 4 is 40.6 Å². The lowest BCUT2D eigenvalue weighted by Crippen LogP contribution is -2.34. The van der Waals surface area contributed by atoms with Crippen LogP contribution < -0.4 is 10.6 Å². The SMILES string of the molecule is CN(CCc1ccccn1)C(=O)c1ccc(NC2=NCC3=C(N2)c2ccc(Cl)cc2C(c2ccccc2F)=NC3)cc1. The molecule has 0 atom stereocenters. The highest BCUT2D eigenvalue weighted by Gasteiger charge is 2.26. The van der Waals surface area contributed by atoms with Crippen LogP contribution in [0.1, 0.15) is 32.7 Å². The van der Waals surface area contributed by atoms with Gasteiger partial charge in [0.2, 0.25) is 5.96 Å². The molecular weight excluding hydrogens is 551 g/mol. The van der Waals surface area contributed by atoms with Crippen LogP contribution in [0.5, 0.6) is 0 Å². The Kier molecular flexibility index (Phi) is 7.79. The normalized spacial score (nSPS) is 14.1. The largest absolute Gasteiger partial charge is 0.341 e. The molecule has 2 aliphatic rings. The van der Waals surface area contributed by atoms with Gasteiger partial charge in [0, 0.05) is 64.9 Å². The summed E-state index contributed by atoms with van der Waals surface area (Å²) in [5.41, 5.74) is 6.80. The average molecular weight is 579 g/mol. The number of guanidine groups is 1. The number of anilines is 1. The van der Waals surface area contributed by atoms with Crippen LogP contribution in [0.15, 0.2) is 107 Å². The van der Waals surface area contributed by atoms with Crippen molar-refractivity contribution in [2.24, 2.45) is 9.98 Å². The van der Waals surface area contributed by atoms with Gasteiger partial charge in [0.1, 0.15) is 5.82 Å². The zero-order valence-electron chi connectivity index (χ0n) is 22.9. The predicted octanol–water partition coefficient (Wildman–Crippen LogP) is 5.82. The van der Waals surface area contributed by atoms with Crippen molar-refractivity contribution in [2.75, 3.05) is 32.0 Å². The van der Waals surface area contributed by atoms with Gasteiger partial charge >= 0.3 is 0 Å². The molecule has 0 spiro atoms. The summed E-state index contributed by atoms with van der Waals surface area (Å²) in [6.07, 6.45) is 2.45. The first-order chi connectivity index (χ1) is 20.5. The van der Waals surface area contributed by atoms with E-state index in [1.807, 2.05) is 48.5 Å². The van der Waals surface area contributed by atoms with Gasteiger partial charge in [-0.1, -0.05) is 35.9 Å². The molecule has 3 aromatic carbocycles. The van der Waals surface area contributed by atoms with E-state index in [9.17, 15) is 9.18 Å². The molecule has 0 aliphatic carbocycles. The van der Waals surface area contributed by atoms with Crippen molar-refractivity contribution in [1.29, 1.82) is 0 Å². The van der Waals surface area contributed by atoms with Crippen molar-refractivity contribution in [3.63, 3.8) is 0 Å². The number of aromatic nitrogens is 1. The maximum Gasteiger partial charge on any atom is 0.253 e. The van der Waals surface area contributed by atoms with Crippen LogP contribution in [0.2, 0.25) is 5.02 Å². The van der Waals surface area contributed by atoms with Crippen LogP contribution in [0.25, 0.3) is 5.70 Å². The van der Waals surface area contributed by atoms with E-state index in [1.54, 1.807) is 48.5 Å². The molecule has 210 valence electrons. The zero-order valence-corrected chi connectivity index (χ0v) is 23.7. The van der Waals surface area contributed by atoms with E-state index in [1.165, 1.54) is 6.07 Å². The molecular formula is C33H28ClFN6O. The van der Waals surface area contributed by atoms with Gasteiger partial charge in [0.25, 0.3) is 5.91 Å². The molecule has 42 heavy (non-hydrogen) atoms. The first-order valence-electron chi connectivity index (χ1n) is 13.6. The molecule has 2 N–H and O–H groups in total. The smallest absolute Gasteiger partial charge is 0.253 e. The summed E-state index contributed by atoms with van der Waals surface area (Å²) in [6.45, 7) is 1.38. The van der Waals surface area contributed by atoms with E-state index in [-0.39, 0.29) is 11.7 Å². The lowest BCUT2D eigenvalue weighted by atomic mass is 9.94. The number of nitrogens with zero attached hydrogens (tertiary/aromatic N) is 4. The van der Waals surface area contributed by atoms with E-state index in [0.717, 1.165) is 33.8 Å². The van der Waals surface area contributed by atoms with Crippen molar-refractivity contribution < 1.29 is 9.18 Å². The fraction of sp³-hybridized carbons (Fsp3) is 0.152. The van der Waals surface area contributed by atoms with Crippen LogP contribution in [-0.4, -0.2) is 54.1 Å². The van der Waals surface area contributed by atoms with Gasteiger partial charge in [0.15, 0.2) is 0 Å². The van der Waals surface area contributed by atoms with E-state index < -0.39 is 0 Å². The Balaban J connectivity index is 1.16. The molecule has 2 aliphatic heterocycles. The van der Waals surface area contributed by atoms with Crippen molar-refractivity contribution in [1.82, 2.24) is 15.2 Å². The third-order valence-corrected chi connectivity index (χ3v) is 7.49. The lowest BCUT2D eigenvalue weighted by Gasteiger charge is -2.23. The minimum absolute atomic E-state index is 0.0557. The number of amides is 1. The zero-order chi connectivity index (χ0) is 29.1. The van der Waals surface area contributed by atoms with Crippen molar-refractivity contribution in [2.45, 2.75) is 6.42 Å². The molecule has 0 radical (unpaired) electrons. The maximum atomic E-state index is 14.8. The molecule has 3 heterocycles. The van der Waals surface area contributed by atoms with Gasteiger partial charge in [-0.2, -0.15) is 0 Å². The van der Waals surface area contributed by atoms with E-state index in [0.29, 0.717) is 53.9 Å². The number of likely N-dealkylation sites (N-methyl/N-ethyl adjacent to an activating group) is 1. The Hall–Kier alpha value is -4.82. The lowest BCUT2D eigenvalue weighted by molar-refractivity contribution is 0.0796. The summed E-state index contributed by atoms with van der Waals surface area (Å²) in [5, 5.41) is 7.28. The van der Waals surface area contributed by atoms with Gasteiger partial charge in [-0.15, -0.1) is 0 Å². The Morgan fingerprint density at radius 3 is 2.52 bits per heavy atom. The topological polar surface area (TPSA) is 82.0 Å². The molecule has 0 unspecified atom stereocenters. The van der Waals surface area contributed by atoms with Gasteiger partial charge in [-0.25, -0.2) is 9.38 Å². The number of carbonyl (C=O) groups excluding carboxylic acids is 1. The van der Waals surface area contributed by atoms with Gasteiger partial charge in [0.05, 0.1) is 24.5 Å². The summed E-state index contributed by atoms with van der Waals surface area (Å²) in [5.74, 6) is 0.172. The Bertz CT molecular complexity index is 1730. The average Bonchev–Trinajstić information content (AvgIpc) is 3.17. The van der Waals surface area contributed by atoms with Gasteiger partial charge in [-0.05, 0) is 66.2 Å². The maximum absolute atomic E-state index is 14.8. The molecule has 1 amide bonds. The van der Waals surface area contributed by atoms with Gasteiger partial charge < -0.3 is 15.5 Å². The quantitative estimate of drug-likeness (QED) is 0.302. The Morgan fingerprint density at radius 1 is 0.952 bits per heavy atom. The third kappa shape index (κ3) is 5.80. The highest BCUT2D eigenvalue weighted by atomic mass is 35.5. The summed E-state index contributed by atoms with van der Waals surface area (Å²) >= 11 is 6.38. The summed E-state index contributed by atoms with van der Waals surface area (Å²) < 4.78 is 14.8. The summed E-state index contributed by atoms with van der Waals surface area (Å²) in [7, 11) is 1.79. The first kappa shape index (κ1) is 27.4. The number of rotatable bonds is 6. The molecule has 0 saturated carbocycles. The highest BCUT2D eigenvalue weighted by Crippen LogP contribution is 2.31. The number of hydrogen-bond donors (Lipinski definition) is 2. The predicted molar refractivity (Wildman–Crippen MR) is 166 cm³/mol. The summed E-state index contributed by atoms with van der Waals surface area (Å²) in [6, 6.07) is 25.3. The highest BCUT2D eigenvalue weighted by molar-refractivity contribution is 6.31. The molecule has 6 rings (SSSR count). The van der Waals surface area contributed by atoms with E-state index >= 15 is 0 Å². The van der Waals surface area contributed by atoms with E-state index in [4.69, 9.17) is 16.6 Å². The van der Waals surface area contributed by atoms with Gasteiger partial charge in [-0.3, -0.25) is 14.8 Å². The Morgan fingerprint density at radius 2 is 1.74 bits per heavy atom. The number of pyridine rings is 1. The van der Waals surface area contributed by atoms with Crippen molar-refractivity contribution in [3.05, 3.63) is 135 Å². The minimum atomic E-state index is -0.338. The number of hydrogen-bond acceptors (Lipinski definition) is 6. The van der Waals surface area contributed by atoms with E-state index in [2.05, 4.69) is 20.6 Å². The van der Waals surface area contributed by atoms with Crippen molar-refractivity contribution in [3.8, 4) is 0 Å². The molecule has 1 aromatic heterocycles. The number of carbonyl (C=O) groups is 1. The first-order valence-corrected chi connectivity index (χ1v) is 14.0. The van der Waals surface area contributed by atoms with Crippen LogP contribution in [-0.2, 0) is 6.42 Å². The fourth-order valence-corrected chi connectivity index (χ4v) is 5.19. The van der Waals surface area contributed by atoms with Crippen LogP contribution in [0, 0.1) is 5.82 Å². The molecule has 7 nitrogen and oxygen atoms in total. The number of halogens is 2. The third-order valence-electron chi connectivity index (χ3n) is 7.26. The van der Waals surface area contributed by atoms with Crippen LogP contribution >= 0.6 is 11.6 Å². The molecule has 0 bridgehead atoms. The standard InChI is InChI=1S/C33H28ClFN6O/c1-41(17-15-24-6-4-5-16-36-24)32(42)21-9-12-25(13-10-21)39-33-38-20-22-19-37-31(27-7-2-3-8-29(27)35)28-18-23(34)11-14-26(28)30(22)40-33/h2-14,16,18H,15,17,19-20H2,1H3,(H2,38,39,40). The number of aliphatic imine (C=N–C) groups is 2. The fourth-order valence-electron chi connectivity index (χ4n) is 5.01. The number of nitrogens with one attached hydrogen (secondary N) is 2. The second-order valence-corrected chi connectivity index (χ2v) is 10.5. The van der Waals surface area contributed by atoms with Crippen LogP contribution in [0.3, 0.4) is 0 Å². The summed E-state index contributed by atoms with van der Waals surface area (Å²) in [4.78, 5) is 28.4. The molecule has 0 saturated heterocycles. The second kappa shape index (κ2) is 12.0. The number of fused-ring (bicyclic) bond motifs is 2. The second-order valence-electron chi connectivity index (χ2n) is 10.1. The monoisotopic (exact) mass is 578 g/mol. The molecule has 0 fully saturated rings. The van der Waals surface area contributed by atoms with Crippen LogP contribution in [0.4, 0.5) is 10.1 Å². The molecule has 9 heteroatoms. The Labute approximate surface area is 248 Å². The molecule has 4 aromatic rings. The minimum Gasteiger partial charge on any atom is -0.341 e.